The van der Waals surface area contributed by atoms with E-state index in [-0.39, 0.29) is 58.8 Å². The van der Waals surface area contributed by atoms with Crippen molar-refractivity contribution in [2.24, 2.45) is 56.7 Å². The smallest absolute Gasteiger partial charge is 0.312 e. The van der Waals surface area contributed by atoms with Gasteiger partial charge >= 0.3 is 29.8 Å². The maximum Gasteiger partial charge on any atom is 0.312 e. The minimum atomic E-state index is -1.38. The molecule has 0 amide bonds. The second kappa shape index (κ2) is 16.6. The molecular weight excluding hydrogens is 799 g/mol. The molecule has 0 bridgehead atoms. The van der Waals surface area contributed by atoms with Gasteiger partial charge < -0.3 is 33.5 Å². The summed E-state index contributed by atoms with van der Waals surface area (Å²) in [5.74, 6) is -1.47. The summed E-state index contributed by atoms with van der Waals surface area (Å²) in [4.78, 5) is 63.6. The number of hydrogen-bond donors (Lipinski definition) is 1. The zero-order chi connectivity index (χ0) is 45.3. The number of aliphatic hydroxyl groups excluding tert-OH is 1. The Morgan fingerprint density at radius 3 is 2.06 bits per heavy atom. The van der Waals surface area contributed by atoms with Gasteiger partial charge in [-0.15, -0.1) is 5.10 Å². The van der Waals surface area contributed by atoms with E-state index >= 15 is 0 Å². The van der Waals surface area contributed by atoms with Gasteiger partial charge in [-0.1, -0.05) is 52.0 Å². The van der Waals surface area contributed by atoms with Gasteiger partial charge in [0, 0.05) is 27.7 Å². The van der Waals surface area contributed by atoms with Crippen LogP contribution in [0.3, 0.4) is 0 Å². The van der Waals surface area contributed by atoms with Crippen molar-refractivity contribution >= 4 is 29.8 Å². The molecule has 15 nitrogen and oxygen atoms in total. The van der Waals surface area contributed by atoms with Crippen molar-refractivity contribution in [1.82, 2.24) is 15.0 Å². The van der Waals surface area contributed by atoms with E-state index in [1.165, 1.54) is 24.7 Å². The monoisotopic (exact) mass is 867 g/mol. The number of allylic oxidation sites excluding steroid dienone is 1. The zero-order valence-corrected chi connectivity index (χ0v) is 38.4. The molecular formula is C47H69N3O12. The molecule has 1 aliphatic heterocycles. The number of hydrogen-bond acceptors (Lipinski definition) is 14. The molecule has 0 aromatic carbocycles. The van der Waals surface area contributed by atoms with Crippen LogP contribution in [0.15, 0.2) is 18.3 Å². The summed E-state index contributed by atoms with van der Waals surface area (Å²) in [6, 6.07) is 0. The van der Waals surface area contributed by atoms with Crippen LogP contribution in [0.25, 0.3) is 0 Å². The van der Waals surface area contributed by atoms with E-state index in [1.54, 1.807) is 0 Å². The molecule has 6 aliphatic rings. The van der Waals surface area contributed by atoms with Crippen molar-refractivity contribution in [1.29, 1.82) is 0 Å². The lowest BCUT2D eigenvalue weighted by Gasteiger charge is -2.72. The van der Waals surface area contributed by atoms with Gasteiger partial charge in [-0.3, -0.25) is 24.0 Å². The molecule has 2 heterocycles. The first-order valence-electron chi connectivity index (χ1n) is 22.7. The van der Waals surface area contributed by atoms with Crippen LogP contribution in [0.4, 0.5) is 0 Å². The predicted octanol–water partition coefficient (Wildman–Crippen LogP) is 6.60. The number of ether oxygens (including phenoxy) is 6. The number of nitrogens with zero attached hydrogens (tertiary/aromatic N) is 3. The van der Waals surface area contributed by atoms with Crippen LogP contribution in [0.1, 0.15) is 145 Å². The van der Waals surface area contributed by atoms with Crippen molar-refractivity contribution < 1.29 is 57.5 Å². The Kier molecular flexibility index (Phi) is 12.4. The fraction of sp³-hybridized carbons (Fsp3) is 0.809. The van der Waals surface area contributed by atoms with E-state index < -0.39 is 59.9 Å². The molecule has 344 valence electrons. The highest BCUT2D eigenvalue weighted by Crippen LogP contribution is 2.77. The van der Waals surface area contributed by atoms with Crippen molar-refractivity contribution in [3.05, 3.63) is 24.0 Å². The summed E-state index contributed by atoms with van der Waals surface area (Å²) in [7, 11) is 0. The van der Waals surface area contributed by atoms with Crippen LogP contribution >= 0.6 is 0 Å². The van der Waals surface area contributed by atoms with Crippen LogP contribution in [-0.4, -0.2) is 87.1 Å². The third-order valence-corrected chi connectivity index (χ3v) is 17.6. The quantitative estimate of drug-likeness (QED) is 0.150. The number of carbonyl (C=O) groups excluding carboxylic acids is 5. The molecule has 5 aliphatic carbocycles. The van der Waals surface area contributed by atoms with Gasteiger partial charge in [-0.25, -0.2) is 4.68 Å². The van der Waals surface area contributed by atoms with Gasteiger partial charge in [-0.2, -0.15) is 0 Å². The van der Waals surface area contributed by atoms with E-state index in [9.17, 15) is 29.1 Å². The fourth-order valence-electron chi connectivity index (χ4n) is 14.7. The maximum absolute atomic E-state index is 14.8. The van der Waals surface area contributed by atoms with Gasteiger partial charge in [0.25, 0.3) is 0 Å². The lowest BCUT2D eigenvalue weighted by Crippen LogP contribution is -2.67. The van der Waals surface area contributed by atoms with Gasteiger partial charge in [0.2, 0.25) is 0 Å². The topological polar surface area (TPSA) is 192 Å². The Morgan fingerprint density at radius 2 is 1.42 bits per heavy atom. The largest absolute Gasteiger partial charge is 0.463 e. The first-order valence-corrected chi connectivity index (χ1v) is 22.7. The zero-order valence-electron chi connectivity index (χ0n) is 38.4. The molecule has 0 unspecified atom stereocenters. The highest BCUT2D eigenvalue weighted by molar-refractivity contribution is 5.78. The van der Waals surface area contributed by atoms with Gasteiger partial charge in [0.1, 0.15) is 25.0 Å². The van der Waals surface area contributed by atoms with Crippen LogP contribution in [0, 0.1) is 56.7 Å². The molecule has 1 aromatic rings. The molecule has 15 heteroatoms. The Hall–Kier alpha value is -3.85. The van der Waals surface area contributed by atoms with E-state index in [1.807, 2.05) is 0 Å². The van der Waals surface area contributed by atoms with Crippen LogP contribution in [0.5, 0.6) is 0 Å². The second-order valence-corrected chi connectivity index (χ2v) is 21.1. The summed E-state index contributed by atoms with van der Waals surface area (Å²) >= 11 is 0. The number of aromatic nitrogens is 3. The first-order chi connectivity index (χ1) is 29.0. The van der Waals surface area contributed by atoms with Crippen LogP contribution in [-0.2, 0) is 59.0 Å². The summed E-state index contributed by atoms with van der Waals surface area (Å²) in [5.41, 5.74) is 0.870. The molecule has 1 N–H and O–H groups in total. The van der Waals surface area contributed by atoms with Crippen LogP contribution in [0.2, 0.25) is 0 Å². The highest BCUT2D eigenvalue weighted by atomic mass is 16.7. The molecule has 0 spiro atoms. The number of fused-ring (bicyclic) bond motifs is 7. The summed E-state index contributed by atoms with van der Waals surface area (Å²) < 4.78 is 35.7. The second-order valence-electron chi connectivity index (χ2n) is 21.1. The van der Waals surface area contributed by atoms with Crippen LogP contribution < -0.4 is 0 Å². The number of rotatable bonds is 10. The molecule has 62 heavy (non-hydrogen) atoms. The minimum Gasteiger partial charge on any atom is -0.463 e. The molecule has 5 saturated carbocycles. The SMILES string of the molecule is C=C(C)[C@@H]1CC[C@]2(C(=O)OCc3cn([C@H]4O[C@H](COC(C)=O)[C@@H](OC(C)=O)[C@H](OC(C)=O)[C@H]4OC(C)=O)nn3)CC[C@]3(C)[C@H](CC[C@@H]4[C@@]5(C)CC[C@H](O)C(C)(C)[C@@H]5CC[C@]43C)[C@@H]12. The van der Waals surface area contributed by atoms with E-state index in [0.29, 0.717) is 23.4 Å². The molecule has 0 radical (unpaired) electrons. The third-order valence-electron chi connectivity index (χ3n) is 17.6. The standard InChI is InChI=1S/C47H69N3O12/c1-25(2)31-14-19-47(21-20-45(10)32(37(31)47)12-13-35-44(9)17-16-36(55)43(7,8)34(44)15-18-46(35,45)11)42(56)58-23-30-22-50(49-48-30)41-40(61-29(6)54)39(60-28(5)53)38(59-27(4)52)33(62-41)24-57-26(3)51/h22,31-41,55H,1,12-21,23-24H2,2-11H3/t31-,32+,33+,34-,35+,36-,37+,38+,39-,40+,41-,44-,45+,46+,47-/m0/s1. The lowest BCUT2D eigenvalue weighted by atomic mass is 9.32. The summed E-state index contributed by atoms with van der Waals surface area (Å²) in [6.07, 6.45) is 4.29. The third kappa shape index (κ3) is 7.58. The van der Waals surface area contributed by atoms with Gasteiger partial charge in [0.05, 0.1) is 17.7 Å². The minimum absolute atomic E-state index is 0.0174. The average Bonchev–Trinajstić information content (AvgIpc) is 3.82. The number of esters is 5. The number of aliphatic hydroxyl groups is 1. The first kappa shape index (κ1) is 46.2. The Bertz CT molecular complexity index is 1950. The van der Waals surface area contributed by atoms with Gasteiger partial charge in [-0.05, 0) is 122 Å². The molecule has 7 rings (SSSR count). The molecule has 1 aromatic heterocycles. The number of carbonyl (C=O) groups is 5. The normalized spacial score (nSPS) is 41.8. The Balaban J connectivity index is 1.13. The maximum atomic E-state index is 14.8. The van der Waals surface area contributed by atoms with Crippen molar-refractivity contribution in [2.45, 2.75) is 177 Å². The molecule has 15 atom stereocenters. The van der Waals surface area contributed by atoms with E-state index in [4.69, 9.17) is 28.4 Å². The van der Waals surface area contributed by atoms with Crippen molar-refractivity contribution in [3.63, 3.8) is 0 Å². The van der Waals surface area contributed by atoms with E-state index in [2.05, 4.69) is 58.4 Å². The van der Waals surface area contributed by atoms with Gasteiger partial charge in [0.15, 0.2) is 24.5 Å². The molecule has 6 fully saturated rings. The average molecular weight is 868 g/mol. The lowest BCUT2D eigenvalue weighted by molar-refractivity contribution is -0.270. The summed E-state index contributed by atoms with van der Waals surface area (Å²) in [6.45, 7) is 22.9. The van der Waals surface area contributed by atoms with E-state index in [0.717, 1.165) is 83.6 Å². The molecule has 1 saturated heterocycles. The summed E-state index contributed by atoms with van der Waals surface area (Å²) in [5, 5.41) is 19.7. The Morgan fingerprint density at radius 1 is 0.758 bits per heavy atom. The fourth-order valence-corrected chi connectivity index (χ4v) is 14.7. The predicted molar refractivity (Wildman–Crippen MR) is 222 cm³/mol. The Labute approximate surface area is 365 Å². The van der Waals surface area contributed by atoms with Crippen molar-refractivity contribution in [2.75, 3.05) is 6.61 Å². The highest BCUT2D eigenvalue weighted by Gasteiger charge is 2.72. The van der Waals surface area contributed by atoms with Crippen molar-refractivity contribution in [3.8, 4) is 0 Å².